The summed E-state index contributed by atoms with van der Waals surface area (Å²) >= 11 is 0. The minimum Gasteiger partial charge on any atom is -0.341 e. The summed E-state index contributed by atoms with van der Waals surface area (Å²) in [4.78, 5) is 47.9. The summed E-state index contributed by atoms with van der Waals surface area (Å²) in [7, 11) is 1.76. The smallest absolute Gasteiger partial charge is 0.241 e. The molecule has 3 aromatic carbocycles. The van der Waals surface area contributed by atoms with E-state index in [1.807, 2.05) is 73.7 Å². The van der Waals surface area contributed by atoms with Crippen molar-refractivity contribution in [3.63, 3.8) is 0 Å². The third-order valence-corrected chi connectivity index (χ3v) is 7.33. The van der Waals surface area contributed by atoms with Crippen molar-refractivity contribution in [2.24, 2.45) is 0 Å². The van der Waals surface area contributed by atoms with Crippen molar-refractivity contribution in [3.05, 3.63) is 114 Å². The standard InChI is InChI=1S/C31H29N3O3/c1-22-8-3-6-13-27(22)31(19-29(36)34(30(31)37)20-23-14-16-32-17-15-23)18-28(35)33(2)21-25-11-7-10-24-9-4-5-12-26(24)25/h3-17H,18-21H2,1-2H3/t31-/m0/s1. The number of benzene rings is 3. The molecular formula is C31H29N3O3. The van der Waals surface area contributed by atoms with Crippen molar-refractivity contribution in [1.29, 1.82) is 0 Å². The highest BCUT2D eigenvalue weighted by Crippen LogP contribution is 2.42. The van der Waals surface area contributed by atoms with Gasteiger partial charge in [-0.2, -0.15) is 0 Å². The number of carbonyl (C=O) groups excluding carboxylic acids is 3. The van der Waals surface area contributed by atoms with Gasteiger partial charge in [0, 0.05) is 38.8 Å². The average Bonchev–Trinajstić information content (AvgIpc) is 3.14. The normalized spacial score (nSPS) is 17.4. The van der Waals surface area contributed by atoms with Crippen LogP contribution >= 0.6 is 0 Å². The van der Waals surface area contributed by atoms with Gasteiger partial charge in [-0.25, -0.2) is 0 Å². The van der Waals surface area contributed by atoms with Crippen molar-refractivity contribution in [2.75, 3.05) is 7.05 Å². The summed E-state index contributed by atoms with van der Waals surface area (Å²) in [6.07, 6.45) is 3.17. The van der Waals surface area contributed by atoms with Crippen molar-refractivity contribution < 1.29 is 14.4 Å². The van der Waals surface area contributed by atoms with E-state index in [0.29, 0.717) is 6.54 Å². The third kappa shape index (κ3) is 4.62. The zero-order valence-corrected chi connectivity index (χ0v) is 21.1. The lowest BCUT2D eigenvalue weighted by atomic mass is 9.74. The van der Waals surface area contributed by atoms with Gasteiger partial charge in [-0.05, 0) is 52.1 Å². The van der Waals surface area contributed by atoms with Crippen LogP contribution in [0.2, 0.25) is 0 Å². The Bertz CT molecular complexity index is 1480. The van der Waals surface area contributed by atoms with Crippen LogP contribution in [-0.2, 0) is 32.9 Å². The van der Waals surface area contributed by atoms with Crippen LogP contribution in [0.4, 0.5) is 0 Å². The van der Waals surface area contributed by atoms with E-state index < -0.39 is 5.41 Å². The van der Waals surface area contributed by atoms with Crippen molar-refractivity contribution in [3.8, 4) is 0 Å². The van der Waals surface area contributed by atoms with Gasteiger partial charge in [-0.1, -0.05) is 66.7 Å². The highest BCUT2D eigenvalue weighted by Gasteiger charge is 2.54. The fourth-order valence-electron chi connectivity index (χ4n) is 5.35. The number of aryl methyl sites for hydroxylation is 1. The highest BCUT2D eigenvalue weighted by atomic mass is 16.2. The molecule has 186 valence electrons. The Hall–Kier alpha value is -4.32. The maximum Gasteiger partial charge on any atom is 0.241 e. The first kappa shape index (κ1) is 24.4. The summed E-state index contributed by atoms with van der Waals surface area (Å²) in [6, 6.07) is 25.3. The zero-order valence-electron chi connectivity index (χ0n) is 21.1. The predicted octanol–water partition coefficient (Wildman–Crippen LogP) is 4.79. The second-order valence-corrected chi connectivity index (χ2v) is 9.78. The fourth-order valence-corrected chi connectivity index (χ4v) is 5.35. The van der Waals surface area contributed by atoms with Gasteiger partial charge in [0.1, 0.15) is 0 Å². The molecule has 4 aromatic rings. The second-order valence-electron chi connectivity index (χ2n) is 9.78. The van der Waals surface area contributed by atoms with Crippen LogP contribution in [0.15, 0.2) is 91.3 Å². The molecule has 1 aliphatic heterocycles. The minimum atomic E-state index is -1.24. The SMILES string of the molecule is Cc1ccccc1[C@]1(CC(=O)N(C)Cc2cccc3ccccc23)CC(=O)N(Cc2ccncc2)C1=O. The van der Waals surface area contributed by atoms with Gasteiger partial charge >= 0.3 is 0 Å². The molecule has 1 saturated heterocycles. The lowest BCUT2D eigenvalue weighted by molar-refractivity contribution is -0.143. The molecule has 1 atom stereocenters. The van der Waals surface area contributed by atoms with Gasteiger partial charge in [0.05, 0.1) is 12.0 Å². The topological polar surface area (TPSA) is 70.6 Å². The first-order chi connectivity index (χ1) is 17.9. The number of imide groups is 1. The molecule has 0 aliphatic carbocycles. The van der Waals surface area contributed by atoms with Crippen molar-refractivity contribution in [2.45, 2.75) is 38.3 Å². The lowest BCUT2D eigenvalue weighted by Gasteiger charge is -2.30. The molecule has 5 rings (SSSR count). The molecule has 37 heavy (non-hydrogen) atoms. The number of carbonyl (C=O) groups is 3. The summed E-state index contributed by atoms with van der Waals surface area (Å²) in [5.74, 6) is -0.770. The Kier molecular flexibility index (Phi) is 6.57. The minimum absolute atomic E-state index is 0.0321. The number of rotatable bonds is 7. The lowest BCUT2D eigenvalue weighted by Crippen LogP contribution is -2.42. The molecule has 0 N–H and O–H groups in total. The van der Waals surface area contributed by atoms with E-state index in [2.05, 4.69) is 4.98 Å². The van der Waals surface area contributed by atoms with Gasteiger partial charge in [0.2, 0.25) is 17.7 Å². The molecule has 3 amide bonds. The number of likely N-dealkylation sites (tertiary alicyclic amines) is 1. The van der Waals surface area contributed by atoms with E-state index in [0.717, 1.165) is 33.0 Å². The number of amides is 3. The first-order valence-corrected chi connectivity index (χ1v) is 12.4. The Labute approximate surface area is 216 Å². The molecule has 6 nitrogen and oxygen atoms in total. The number of pyridine rings is 1. The van der Waals surface area contributed by atoms with E-state index in [-0.39, 0.29) is 37.1 Å². The van der Waals surface area contributed by atoms with Crippen LogP contribution in [0, 0.1) is 6.92 Å². The summed E-state index contributed by atoms with van der Waals surface area (Å²) < 4.78 is 0. The Morgan fingerprint density at radius 3 is 2.43 bits per heavy atom. The molecule has 1 aliphatic rings. The Balaban J connectivity index is 1.46. The summed E-state index contributed by atoms with van der Waals surface area (Å²) in [5, 5.41) is 2.20. The second kappa shape index (κ2) is 9.97. The molecule has 0 spiro atoms. The molecular weight excluding hydrogens is 462 g/mol. The maximum atomic E-state index is 14.0. The number of aromatic nitrogens is 1. The molecule has 1 aromatic heterocycles. The Morgan fingerprint density at radius 1 is 0.946 bits per heavy atom. The third-order valence-electron chi connectivity index (χ3n) is 7.33. The van der Waals surface area contributed by atoms with Crippen LogP contribution in [0.3, 0.4) is 0 Å². The number of hydrogen-bond acceptors (Lipinski definition) is 4. The molecule has 1 fully saturated rings. The predicted molar refractivity (Wildman–Crippen MR) is 142 cm³/mol. The van der Waals surface area contributed by atoms with Gasteiger partial charge < -0.3 is 4.90 Å². The Morgan fingerprint density at radius 2 is 1.65 bits per heavy atom. The first-order valence-electron chi connectivity index (χ1n) is 12.4. The van der Waals surface area contributed by atoms with Crippen molar-refractivity contribution >= 4 is 28.5 Å². The van der Waals surface area contributed by atoms with Gasteiger partial charge in [-0.3, -0.25) is 24.3 Å². The molecule has 0 radical (unpaired) electrons. The quantitative estimate of drug-likeness (QED) is 0.349. The molecule has 2 heterocycles. The van der Waals surface area contributed by atoms with Crippen molar-refractivity contribution in [1.82, 2.24) is 14.8 Å². The van der Waals surface area contributed by atoms with Gasteiger partial charge in [0.25, 0.3) is 0 Å². The van der Waals surface area contributed by atoms with Gasteiger partial charge in [0.15, 0.2) is 0 Å². The maximum absolute atomic E-state index is 14.0. The monoisotopic (exact) mass is 491 g/mol. The zero-order chi connectivity index (χ0) is 26.0. The van der Waals surface area contributed by atoms with Crippen LogP contribution in [0.5, 0.6) is 0 Å². The summed E-state index contributed by atoms with van der Waals surface area (Å²) in [5.41, 5.74) is 2.24. The molecule has 6 heteroatoms. The van der Waals surface area contributed by atoms with Crippen LogP contribution < -0.4 is 0 Å². The highest BCUT2D eigenvalue weighted by molar-refractivity contribution is 6.10. The average molecular weight is 492 g/mol. The van der Waals surface area contributed by atoms with E-state index in [1.165, 1.54) is 4.90 Å². The fraction of sp³-hybridized carbons (Fsp3) is 0.226. The van der Waals surface area contributed by atoms with E-state index in [1.54, 1.807) is 36.5 Å². The van der Waals surface area contributed by atoms with Crippen LogP contribution in [0.25, 0.3) is 10.8 Å². The van der Waals surface area contributed by atoms with E-state index in [9.17, 15) is 14.4 Å². The van der Waals surface area contributed by atoms with Crippen LogP contribution in [0.1, 0.15) is 35.1 Å². The number of fused-ring (bicyclic) bond motifs is 1. The van der Waals surface area contributed by atoms with Gasteiger partial charge in [-0.15, -0.1) is 0 Å². The molecule has 0 unspecified atom stereocenters. The van der Waals surface area contributed by atoms with E-state index in [4.69, 9.17) is 0 Å². The molecule has 0 saturated carbocycles. The largest absolute Gasteiger partial charge is 0.341 e. The van der Waals surface area contributed by atoms with Crippen LogP contribution in [-0.4, -0.2) is 39.6 Å². The van der Waals surface area contributed by atoms with E-state index >= 15 is 0 Å². The molecule has 0 bridgehead atoms. The number of nitrogens with zero attached hydrogens (tertiary/aromatic N) is 3. The summed E-state index contributed by atoms with van der Waals surface area (Å²) in [6.45, 7) is 2.49. The number of hydrogen-bond donors (Lipinski definition) is 0.